The fourth-order valence-corrected chi connectivity index (χ4v) is 2.26. The van der Waals surface area contributed by atoms with E-state index >= 15 is 0 Å². The average Bonchev–Trinajstić information content (AvgIpc) is 2.19. The van der Waals surface area contributed by atoms with Gasteiger partial charge in [0.15, 0.2) is 0 Å². The molecule has 82 valence electrons. The van der Waals surface area contributed by atoms with E-state index in [9.17, 15) is 4.79 Å². The zero-order valence-electron chi connectivity index (χ0n) is 8.91. The molecule has 0 aromatic heterocycles. The van der Waals surface area contributed by atoms with Crippen molar-refractivity contribution in [3.8, 4) is 0 Å². The molecule has 14 heavy (non-hydrogen) atoms. The van der Waals surface area contributed by atoms with E-state index in [0.717, 1.165) is 0 Å². The second-order valence-electron chi connectivity index (χ2n) is 4.54. The summed E-state index contributed by atoms with van der Waals surface area (Å²) >= 11 is 0. The fraction of sp³-hybridized carbons (Fsp3) is 0.909. The molecule has 1 aliphatic carbocycles. The largest absolute Gasteiger partial charge is 0.481 e. The molecule has 0 spiro atoms. The maximum atomic E-state index is 10.7. The standard InChI is InChI=1S/C11H21NO2/c1-8(11(13)14)7-10(12)9-5-3-2-4-6-9/h8-10H,2-7,12H2,1H3,(H,13,14). The van der Waals surface area contributed by atoms with E-state index in [-0.39, 0.29) is 12.0 Å². The Labute approximate surface area is 85.7 Å². The first kappa shape index (κ1) is 11.5. The summed E-state index contributed by atoms with van der Waals surface area (Å²) in [6, 6.07) is 0.0846. The van der Waals surface area contributed by atoms with Crippen LogP contribution in [0, 0.1) is 11.8 Å². The Hall–Kier alpha value is -0.570. The van der Waals surface area contributed by atoms with Crippen molar-refractivity contribution in [3.05, 3.63) is 0 Å². The lowest BCUT2D eigenvalue weighted by Crippen LogP contribution is -2.34. The molecule has 0 aromatic rings. The molecule has 0 aliphatic heterocycles. The van der Waals surface area contributed by atoms with Crippen LogP contribution in [0.5, 0.6) is 0 Å². The Bertz CT molecular complexity index is 188. The van der Waals surface area contributed by atoms with Gasteiger partial charge in [0, 0.05) is 6.04 Å². The number of hydrogen-bond donors (Lipinski definition) is 2. The average molecular weight is 199 g/mol. The predicted molar refractivity (Wildman–Crippen MR) is 56.0 cm³/mol. The second kappa shape index (κ2) is 5.35. The number of rotatable bonds is 4. The Morgan fingerprint density at radius 1 is 1.43 bits per heavy atom. The molecule has 1 saturated carbocycles. The van der Waals surface area contributed by atoms with Gasteiger partial charge in [-0.15, -0.1) is 0 Å². The van der Waals surface area contributed by atoms with E-state index in [4.69, 9.17) is 10.8 Å². The molecule has 1 rings (SSSR count). The Kier molecular flexibility index (Phi) is 4.39. The first-order valence-corrected chi connectivity index (χ1v) is 5.59. The molecule has 3 heteroatoms. The molecule has 0 saturated heterocycles. The summed E-state index contributed by atoms with van der Waals surface area (Å²) in [5.74, 6) is -0.464. The van der Waals surface area contributed by atoms with Gasteiger partial charge in [0.05, 0.1) is 5.92 Å². The van der Waals surface area contributed by atoms with Crippen LogP contribution in [0.15, 0.2) is 0 Å². The number of hydrogen-bond acceptors (Lipinski definition) is 2. The molecule has 2 unspecified atom stereocenters. The van der Waals surface area contributed by atoms with E-state index in [1.165, 1.54) is 32.1 Å². The smallest absolute Gasteiger partial charge is 0.306 e. The van der Waals surface area contributed by atoms with Crippen molar-refractivity contribution >= 4 is 5.97 Å². The highest BCUT2D eigenvalue weighted by Crippen LogP contribution is 2.27. The topological polar surface area (TPSA) is 63.3 Å². The van der Waals surface area contributed by atoms with Gasteiger partial charge in [0.1, 0.15) is 0 Å². The summed E-state index contributed by atoms with van der Waals surface area (Å²) in [4.78, 5) is 10.7. The third-order valence-electron chi connectivity index (χ3n) is 3.30. The van der Waals surface area contributed by atoms with Gasteiger partial charge in [0.25, 0.3) is 0 Å². The van der Waals surface area contributed by atoms with Gasteiger partial charge in [-0.2, -0.15) is 0 Å². The summed E-state index contributed by atoms with van der Waals surface area (Å²) in [5.41, 5.74) is 6.02. The molecule has 1 fully saturated rings. The van der Waals surface area contributed by atoms with Crippen LogP contribution in [0.1, 0.15) is 45.4 Å². The molecule has 1 aliphatic rings. The first-order chi connectivity index (χ1) is 6.61. The number of aliphatic carboxylic acids is 1. The highest BCUT2D eigenvalue weighted by atomic mass is 16.4. The van der Waals surface area contributed by atoms with Crippen molar-refractivity contribution in [1.82, 2.24) is 0 Å². The number of carbonyl (C=O) groups is 1. The van der Waals surface area contributed by atoms with Crippen LogP contribution in [-0.2, 0) is 4.79 Å². The summed E-state index contributed by atoms with van der Waals surface area (Å²) < 4.78 is 0. The lowest BCUT2D eigenvalue weighted by atomic mass is 9.81. The van der Waals surface area contributed by atoms with Crippen molar-refractivity contribution in [2.45, 2.75) is 51.5 Å². The summed E-state index contributed by atoms with van der Waals surface area (Å²) in [5, 5.41) is 8.77. The van der Waals surface area contributed by atoms with Crippen molar-refractivity contribution < 1.29 is 9.90 Å². The van der Waals surface area contributed by atoms with Crippen LogP contribution in [-0.4, -0.2) is 17.1 Å². The molecule has 3 nitrogen and oxygen atoms in total. The molecular weight excluding hydrogens is 178 g/mol. The van der Waals surface area contributed by atoms with Gasteiger partial charge >= 0.3 is 5.97 Å². The lowest BCUT2D eigenvalue weighted by Gasteiger charge is -2.28. The van der Waals surface area contributed by atoms with E-state index in [2.05, 4.69) is 0 Å². The van der Waals surface area contributed by atoms with Crippen molar-refractivity contribution in [2.24, 2.45) is 17.6 Å². The normalized spacial score (nSPS) is 23.0. The third kappa shape index (κ3) is 3.29. The highest BCUT2D eigenvalue weighted by molar-refractivity contribution is 5.69. The van der Waals surface area contributed by atoms with Crippen LogP contribution in [0.4, 0.5) is 0 Å². The van der Waals surface area contributed by atoms with Gasteiger partial charge in [-0.25, -0.2) is 0 Å². The quantitative estimate of drug-likeness (QED) is 0.728. The summed E-state index contributed by atoms with van der Waals surface area (Å²) in [6.07, 6.45) is 6.85. The second-order valence-corrected chi connectivity index (χ2v) is 4.54. The number of nitrogens with two attached hydrogens (primary N) is 1. The van der Waals surface area contributed by atoms with Gasteiger partial charge in [-0.3, -0.25) is 4.79 Å². The Morgan fingerprint density at radius 2 is 2.00 bits per heavy atom. The maximum absolute atomic E-state index is 10.7. The van der Waals surface area contributed by atoms with Crippen LogP contribution >= 0.6 is 0 Å². The van der Waals surface area contributed by atoms with Crippen LogP contribution < -0.4 is 5.73 Å². The van der Waals surface area contributed by atoms with Gasteiger partial charge < -0.3 is 10.8 Å². The molecule has 3 N–H and O–H groups in total. The minimum Gasteiger partial charge on any atom is -0.481 e. The van der Waals surface area contributed by atoms with Crippen molar-refractivity contribution in [3.63, 3.8) is 0 Å². The lowest BCUT2D eigenvalue weighted by molar-refractivity contribution is -0.141. The number of carboxylic acid groups (broad SMARTS) is 1. The van der Waals surface area contributed by atoms with Gasteiger partial charge in [-0.05, 0) is 25.2 Å². The monoisotopic (exact) mass is 199 g/mol. The van der Waals surface area contributed by atoms with E-state index in [1.807, 2.05) is 0 Å². The zero-order valence-corrected chi connectivity index (χ0v) is 8.91. The molecule has 0 bridgehead atoms. The van der Waals surface area contributed by atoms with Gasteiger partial charge in [0.2, 0.25) is 0 Å². The summed E-state index contributed by atoms with van der Waals surface area (Å²) in [7, 11) is 0. The van der Waals surface area contributed by atoms with E-state index < -0.39 is 5.97 Å². The van der Waals surface area contributed by atoms with Crippen molar-refractivity contribution in [1.29, 1.82) is 0 Å². The molecule has 0 radical (unpaired) electrons. The zero-order chi connectivity index (χ0) is 10.6. The molecule has 2 atom stereocenters. The van der Waals surface area contributed by atoms with Gasteiger partial charge in [-0.1, -0.05) is 26.2 Å². The molecule has 0 amide bonds. The van der Waals surface area contributed by atoms with Crippen molar-refractivity contribution in [2.75, 3.05) is 0 Å². The summed E-state index contributed by atoms with van der Waals surface area (Å²) in [6.45, 7) is 1.74. The predicted octanol–water partition coefficient (Wildman–Crippen LogP) is 2.00. The molecular formula is C11H21NO2. The first-order valence-electron chi connectivity index (χ1n) is 5.59. The maximum Gasteiger partial charge on any atom is 0.306 e. The van der Waals surface area contributed by atoms with E-state index in [1.54, 1.807) is 6.92 Å². The fourth-order valence-electron chi connectivity index (χ4n) is 2.26. The highest BCUT2D eigenvalue weighted by Gasteiger charge is 2.24. The van der Waals surface area contributed by atoms with Crippen LogP contribution in [0.3, 0.4) is 0 Å². The minimum atomic E-state index is -0.726. The minimum absolute atomic E-state index is 0.0846. The molecule has 0 aromatic carbocycles. The Balaban J connectivity index is 2.32. The third-order valence-corrected chi connectivity index (χ3v) is 3.30. The van der Waals surface area contributed by atoms with E-state index in [0.29, 0.717) is 12.3 Å². The SMILES string of the molecule is CC(CC(N)C1CCCCC1)C(=O)O. The number of carboxylic acids is 1. The van der Waals surface area contributed by atoms with Crippen LogP contribution in [0.2, 0.25) is 0 Å². The molecule has 0 heterocycles. The van der Waals surface area contributed by atoms with Crippen LogP contribution in [0.25, 0.3) is 0 Å². The Morgan fingerprint density at radius 3 is 2.50 bits per heavy atom.